The lowest BCUT2D eigenvalue weighted by Gasteiger charge is -2.32. The molecule has 120 valence electrons. The highest BCUT2D eigenvalue weighted by atomic mass is 15.3. The Morgan fingerprint density at radius 3 is 2.43 bits per heavy atom. The number of nitrogens with zero attached hydrogens (tertiary/aromatic N) is 4. The number of fused-ring (bicyclic) bond motifs is 1. The Kier molecular flexibility index (Phi) is 4.57. The maximum absolute atomic E-state index is 5.67. The molecule has 4 rings (SSSR count). The average molecular weight is 309 g/mol. The number of aromatic nitrogens is 3. The largest absolute Gasteiger partial charge is 0.355 e. The van der Waals surface area contributed by atoms with Gasteiger partial charge in [-0.05, 0) is 18.1 Å². The van der Waals surface area contributed by atoms with Crippen molar-refractivity contribution in [3.05, 3.63) is 48.3 Å². The van der Waals surface area contributed by atoms with E-state index in [-0.39, 0.29) is 0 Å². The summed E-state index contributed by atoms with van der Waals surface area (Å²) >= 11 is 0. The summed E-state index contributed by atoms with van der Waals surface area (Å²) in [6, 6.07) is 10.3. The predicted octanol–water partition coefficient (Wildman–Crippen LogP) is 3.09. The van der Waals surface area contributed by atoms with Gasteiger partial charge in [0.2, 0.25) is 0 Å². The van der Waals surface area contributed by atoms with Crippen LogP contribution in [0.15, 0.2) is 42.7 Å². The third kappa shape index (κ3) is 2.92. The van der Waals surface area contributed by atoms with E-state index in [1.165, 1.54) is 6.42 Å². The van der Waals surface area contributed by atoms with E-state index in [0.717, 1.165) is 41.2 Å². The molecule has 0 radical (unpaired) electrons. The Morgan fingerprint density at radius 1 is 1.09 bits per heavy atom. The Hall–Kier alpha value is -2.40. The number of nitrogens with two attached hydrogens (primary N) is 1. The van der Waals surface area contributed by atoms with Crippen LogP contribution in [0.1, 0.15) is 25.8 Å². The van der Waals surface area contributed by atoms with Gasteiger partial charge in [0.05, 0.1) is 23.6 Å². The average Bonchev–Trinajstić information content (AvgIpc) is 3.03. The molecule has 23 heavy (non-hydrogen) atoms. The summed E-state index contributed by atoms with van der Waals surface area (Å²) in [5.74, 6) is 0.996. The summed E-state index contributed by atoms with van der Waals surface area (Å²) in [7, 11) is 0. The first-order valence-corrected chi connectivity index (χ1v) is 8.24. The summed E-state index contributed by atoms with van der Waals surface area (Å²) in [5.41, 5.74) is 9.89. The summed E-state index contributed by atoms with van der Waals surface area (Å²) in [4.78, 5) is 7.13. The van der Waals surface area contributed by atoms with Crippen molar-refractivity contribution in [2.24, 2.45) is 5.73 Å². The van der Waals surface area contributed by atoms with Crippen molar-refractivity contribution in [2.45, 2.75) is 26.8 Å². The highest BCUT2D eigenvalue weighted by Gasteiger charge is 2.18. The maximum Gasteiger partial charge on any atom is 0.147 e. The van der Waals surface area contributed by atoms with Gasteiger partial charge in [0.1, 0.15) is 5.82 Å². The van der Waals surface area contributed by atoms with Gasteiger partial charge in [-0.25, -0.2) is 9.50 Å². The maximum atomic E-state index is 5.67. The van der Waals surface area contributed by atoms with E-state index in [1.54, 1.807) is 0 Å². The third-order valence-corrected chi connectivity index (χ3v) is 4.02. The van der Waals surface area contributed by atoms with Gasteiger partial charge in [0.25, 0.3) is 0 Å². The zero-order valence-electron chi connectivity index (χ0n) is 13.7. The summed E-state index contributed by atoms with van der Waals surface area (Å²) in [6.07, 6.45) is 5.06. The Morgan fingerprint density at radius 2 is 1.83 bits per heavy atom. The molecule has 1 aromatic carbocycles. The van der Waals surface area contributed by atoms with E-state index in [9.17, 15) is 0 Å². The second-order valence-corrected chi connectivity index (χ2v) is 5.35. The van der Waals surface area contributed by atoms with Gasteiger partial charge >= 0.3 is 0 Å². The van der Waals surface area contributed by atoms with Crippen molar-refractivity contribution in [1.82, 2.24) is 14.6 Å². The highest BCUT2D eigenvalue weighted by Crippen LogP contribution is 2.27. The molecule has 0 saturated carbocycles. The number of hydrogen-bond acceptors (Lipinski definition) is 4. The number of benzene rings is 1. The van der Waals surface area contributed by atoms with Crippen LogP contribution in [0.25, 0.3) is 16.8 Å². The van der Waals surface area contributed by atoms with Crippen molar-refractivity contribution in [1.29, 1.82) is 0 Å². The number of hydrogen-bond donors (Lipinski definition) is 1. The van der Waals surface area contributed by atoms with Gasteiger partial charge in [-0.15, -0.1) is 0 Å². The van der Waals surface area contributed by atoms with Crippen molar-refractivity contribution in [3.63, 3.8) is 0 Å². The quantitative estimate of drug-likeness (QED) is 0.807. The minimum Gasteiger partial charge on any atom is -0.355 e. The molecule has 3 heterocycles. The first kappa shape index (κ1) is 15.5. The van der Waals surface area contributed by atoms with E-state index < -0.39 is 0 Å². The van der Waals surface area contributed by atoms with Crippen LogP contribution in [0.2, 0.25) is 0 Å². The SMILES string of the molecule is CC.NCc1ccc(-c2nc(N3CCC3)cn3nccc23)cc1. The minimum atomic E-state index is 0.559. The topological polar surface area (TPSA) is 59.5 Å². The summed E-state index contributed by atoms with van der Waals surface area (Å²) in [5, 5.41) is 4.37. The van der Waals surface area contributed by atoms with Crippen LogP contribution in [0.3, 0.4) is 0 Å². The van der Waals surface area contributed by atoms with Gasteiger partial charge in [0, 0.05) is 25.2 Å². The van der Waals surface area contributed by atoms with Gasteiger partial charge in [-0.2, -0.15) is 5.10 Å². The lowest BCUT2D eigenvalue weighted by molar-refractivity contribution is 0.607. The zero-order valence-corrected chi connectivity index (χ0v) is 13.7. The molecule has 2 aromatic heterocycles. The molecule has 0 aliphatic carbocycles. The Labute approximate surface area is 136 Å². The summed E-state index contributed by atoms with van der Waals surface area (Å²) < 4.78 is 1.91. The molecule has 3 aromatic rings. The van der Waals surface area contributed by atoms with E-state index in [1.807, 2.05) is 36.8 Å². The van der Waals surface area contributed by atoms with Crippen molar-refractivity contribution >= 4 is 11.3 Å². The zero-order chi connectivity index (χ0) is 16.2. The molecule has 1 saturated heterocycles. The Balaban J connectivity index is 0.000000753. The molecule has 0 atom stereocenters. The molecule has 5 heteroatoms. The monoisotopic (exact) mass is 309 g/mol. The molecule has 1 aliphatic rings. The second-order valence-electron chi connectivity index (χ2n) is 5.35. The second kappa shape index (κ2) is 6.79. The first-order chi connectivity index (χ1) is 11.3. The van der Waals surface area contributed by atoms with E-state index in [0.29, 0.717) is 6.54 Å². The van der Waals surface area contributed by atoms with E-state index in [4.69, 9.17) is 10.7 Å². The molecular weight excluding hydrogens is 286 g/mol. The van der Waals surface area contributed by atoms with Crippen LogP contribution in [0, 0.1) is 0 Å². The van der Waals surface area contributed by atoms with Crippen LogP contribution in [-0.4, -0.2) is 27.7 Å². The molecule has 0 amide bonds. The lowest BCUT2D eigenvalue weighted by Crippen LogP contribution is -2.37. The van der Waals surface area contributed by atoms with E-state index >= 15 is 0 Å². The third-order valence-electron chi connectivity index (χ3n) is 4.02. The molecule has 1 aliphatic heterocycles. The fourth-order valence-electron chi connectivity index (χ4n) is 2.62. The van der Waals surface area contributed by atoms with Crippen molar-refractivity contribution < 1.29 is 0 Å². The number of rotatable bonds is 3. The smallest absolute Gasteiger partial charge is 0.147 e. The van der Waals surface area contributed by atoms with Gasteiger partial charge in [0.15, 0.2) is 0 Å². The van der Waals surface area contributed by atoms with Crippen molar-refractivity contribution in [3.8, 4) is 11.3 Å². The molecule has 0 bridgehead atoms. The molecule has 5 nitrogen and oxygen atoms in total. The van der Waals surface area contributed by atoms with Gasteiger partial charge < -0.3 is 10.6 Å². The van der Waals surface area contributed by atoms with Crippen LogP contribution in [0.4, 0.5) is 5.82 Å². The molecular formula is C18H23N5. The Bertz CT molecular complexity index is 772. The van der Waals surface area contributed by atoms with Crippen molar-refractivity contribution in [2.75, 3.05) is 18.0 Å². The first-order valence-electron chi connectivity index (χ1n) is 8.24. The molecule has 0 unspecified atom stereocenters. The van der Waals surface area contributed by atoms with Gasteiger partial charge in [-0.1, -0.05) is 38.1 Å². The standard InChI is InChI=1S/C16H17N5.C2H6/c17-10-12-2-4-13(5-3-12)16-14-6-7-18-21(14)11-15(19-16)20-8-1-9-20;1-2/h2-7,11H,1,8-10,17H2;1-2H3. The number of anilines is 1. The molecule has 0 spiro atoms. The fraction of sp³-hybridized carbons (Fsp3) is 0.333. The fourth-order valence-corrected chi connectivity index (χ4v) is 2.62. The van der Waals surface area contributed by atoms with Gasteiger partial charge in [-0.3, -0.25) is 0 Å². The molecule has 1 fully saturated rings. The van der Waals surface area contributed by atoms with Crippen LogP contribution in [0.5, 0.6) is 0 Å². The predicted molar refractivity (Wildman–Crippen MR) is 94.5 cm³/mol. The highest BCUT2D eigenvalue weighted by molar-refractivity contribution is 5.78. The lowest BCUT2D eigenvalue weighted by atomic mass is 10.1. The van der Waals surface area contributed by atoms with Crippen LogP contribution < -0.4 is 10.6 Å². The van der Waals surface area contributed by atoms with E-state index in [2.05, 4.69) is 34.3 Å². The van der Waals surface area contributed by atoms with Crippen LogP contribution in [-0.2, 0) is 6.54 Å². The normalized spacial score (nSPS) is 13.4. The summed E-state index contributed by atoms with van der Waals surface area (Å²) in [6.45, 7) is 6.71. The van der Waals surface area contributed by atoms with Crippen LogP contribution >= 0.6 is 0 Å². The molecule has 2 N–H and O–H groups in total. The minimum absolute atomic E-state index is 0.559.